The molecule has 1 fully saturated rings. The van der Waals surface area contributed by atoms with Crippen molar-refractivity contribution >= 4 is 23.1 Å². The van der Waals surface area contributed by atoms with Gasteiger partial charge in [0.1, 0.15) is 4.34 Å². The zero-order valence-electron chi connectivity index (χ0n) is 9.11. The van der Waals surface area contributed by atoms with E-state index in [-0.39, 0.29) is 0 Å². The van der Waals surface area contributed by atoms with Crippen LogP contribution in [0.1, 0.15) is 32.6 Å². The molecule has 2 rings (SSSR count). The SMILES string of the molecule is CCCNC1CCCC1Sc1nccs1. The third-order valence-electron chi connectivity index (χ3n) is 2.77. The van der Waals surface area contributed by atoms with Gasteiger partial charge in [0.05, 0.1) is 0 Å². The van der Waals surface area contributed by atoms with Gasteiger partial charge in [0, 0.05) is 22.9 Å². The molecule has 1 heterocycles. The van der Waals surface area contributed by atoms with Gasteiger partial charge in [0.25, 0.3) is 0 Å². The van der Waals surface area contributed by atoms with Crippen molar-refractivity contribution in [2.45, 2.75) is 48.2 Å². The zero-order chi connectivity index (χ0) is 10.5. The van der Waals surface area contributed by atoms with Gasteiger partial charge in [-0.3, -0.25) is 0 Å². The number of aromatic nitrogens is 1. The highest BCUT2D eigenvalue weighted by Gasteiger charge is 2.27. The molecule has 0 saturated heterocycles. The average Bonchev–Trinajstić information content (AvgIpc) is 2.87. The fourth-order valence-corrected chi connectivity index (χ4v) is 4.21. The van der Waals surface area contributed by atoms with Crippen LogP contribution < -0.4 is 5.32 Å². The van der Waals surface area contributed by atoms with Gasteiger partial charge in [-0.25, -0.2) is 4.98 Å². The Kier molecular flexibility index (Phi) is 4.47. The Hall–Kier alpha value is -0.0600. The first-order valence-electron chi connectivity index (χ1n) is 5.69. The minimum atomic E-state index is 0.707. The first-order chi connectivity index (χ1) is 7.40. The Bertz CT molecular complexity index is 274. The molecule has 2 atom stereocenters. The van der Waals surface area contributed by atoms with Gasteiger partial charge in [-0.1, -0.05) is 25.1 Å². The fraction of sp³-hybridized carbons (Fsp3) is 0.727. The molecule has 0 spiro atoms. The van der Waals surface area contributed by atoms with E-state index in [0.29, 0.717) is 6.04 Å². The highest BCUT2D eigenvalue weighted by atomic mass is 32.2. The molecule has 1 aliphatic carbocycles. The van der Waals surface area contributed by atoms with E-state index < -0.39 is 0 Å². The molecule has 15 heavy (non-hydrogen) atoms. The summed E-state index contributed by atoms with van der Waals surface area (Å²) in [6, 6.07) is 0.707. The van der Waals surface area contributed by atoms with Gasteiger partial charge >= 0.3 is 0 Å². The summed E-state index contributed by atoms with van der Waals surface area (Å²) >= 11 is 3.72. The standard InChI is InChI=1S/C11H18N2S2/c1-2-6-12-9-4-3-5-10(9)15-11-13-7-8-14-11/h7-10,12H,2-6H2,1H3. The van der Waals surface area contributed by atoms with Crippen LogP contribution >= 0.6 is 23.1 Å². The molecule has 0 aliphatic heterocycles. The van der Waals surface area contributed by atoms with Crippen molar-refractivity contribution in [1.82, 2.24) is 10.3 Å². The Labute approximate surface area is 99.9 Å². The van der Waals surface area contributed by atoms with E-state index in [4.69, 9.17) is 0 Å². The summed E-state index contributed by atoms with van der Waals surface area (Å²) in [6.45, 7) is 3.38. The lowest BCUT2D eigenvalue weighted by molar-refractivity contribution is 0.531. The Morgan fingerprint density at radius 2 is 2.53 bits per heavy atom. The molecule has 1 aromatic rings. The van der Waals surface area contributed by atoms with Crippen molar-refractivity contribution in [2.24, 2.45) is 0 Å². The first-order valence-corrected chi connectivity index (χ1v) is 7.45. The van der Waals surface area contributed by atoms with Crippen molar-refractivity contribution in [2.75, 3.05) is 6.54 Å². The average molecular weight is 242 g/mol. The van der Waals surface area contributed by atoms with Gasteiger partial charge in [0.15, 0.2) is 0 Å². The quantitative estimate of drug-likeness (QED) is 0.858. The third kappa shape index (κ3) is 3.20. The monoisotopic (exact) mass is 242 g/mol. The maximum absolute atomic E-state index is 4.35. The van der Waals surface area contributed by atoms with Gasteiger partial charge < -0.3 is 5.32 Å². The van der Waals surface area contributed by atoms with Crippen LogP contribution in [0, 0.1) is 0 Å². The summed E-state index contributed by atoms with van der Waals surface area (Å²) < 4.78 is 1.23. The van der Waals surface area contributed by atoms with Crippen molar-refractivity contribution in [3.8, 4) is 0 Å². The van der Waals surface area contributed by atoms with E-state index in [1.807, 2.05) is 18.0 Å². The minimum Gasteiger partial charge on any atom is -0.313 e. The number of nitrogens with one attached hydrogen (secondary N) is 1. The molecule has 84 valence electrons. The molecule has 1 aromatic heterocycles. The number of rotatable bonds is 5. The molecular weight excluding hydrogens is 224 g/mol. The van der Waals surface area contributed by atoms with Crippen LogP contribution in [0.15, 0.2) is 15.9 Å². The van der Waals surface area contributed by atoms with Crippen molar-refractivity contribution in [3.05, 3.63) is 11.6 Å². The van der Waals surface area contributed by atoms with Crippen LogP contribution in [-0.2, 0) is 0 Å². The molecule has 0 amide bonds. The zero-order valence-corrected chi connectivity index (χ0v) is 10.7. The van der Waals surface area contributed by atoms with E-state index in [1.165, 1.54) is 30.0 Å². The highest BCUT2D eigenvalue weighted by Crippen LogP contribution is 2.35. The topological polar surface area (TPSA) is 24.9 Å². The maximum atomic E-state index is 4.35. The van der Waals surface area contributed by atoms with Crippen LogP contribution in [-0.4, -0.2) is 22.8 Å². The van der Waals surface area contributed by atoms with Crippen molar-refractivity contribution < 1.29 is 0 Å². The summed E-state index contributed by atoms with van der Waals surface area (Å²) in [5, 5.41) is 6.45. The fourth-order valence-electron chi connectivity index (χ4n) is 2.03. The van der Waals surface area contributed by atoms with Gasteiger partial charge in [-0.05, 0) is 25.8 Å². The van der Waals surface area contributed by atoms with Gasteiger partial charge in [0.2, 0.25) is 0 Å². The summed E-state index contributed by atoms with van der Waals surface area (Å²) in [6.07, 6.45) is 7.17. The van der Waals surface area contributed by atoms with Crippen LogP contribution in [0.3, 0.4) is 0 Å². The second-order valence-electron chi connectivity index (χ2n) is 3.95. The van der Waals surface area contributed by atoms with E-state index in [1.54, 1.807) is 11.3 Å². The van der Waals surface area contributed by atoms with Crippen LogP contribution in [0.2, 0.25) is 0 Å². The summed E-state index contributed by atoms with van der Waals surface area (Å²) in [7, 11) is 0. The van der Waals surface area contributed by atoms with Crippen LogP contribution in [0.5, 0.6) is 0 Å². The normalized spacial score (nSPS) is 25.9. The lowest BCUT2D eigenvalue weighted by Gasteiger charge is -2.19. The second kappa shape index (κ2) is 5.87. The first kappa shape index (κ1) is 11.4. The molecule has 1 aliphatic rings. The smallest absolute Gasteiger partial charge is 0.150 e. The van der Waals surface area contributed by atoms with Crippen LogP contribution in [0.25, 0.3) is 0 Å². The molecule has 2 unspecified atom stereocenters. The van der Waals surface area contributed by atoms with E-state index in [9.17, 15) is 0 Å². The van der Waals surface area contributed by atoms with Crippen molar-refractivity contribution in [1.29, 1.82) is 0 Å². The van der Waals surface area contributed by atoms with Crippen molar-refractivity contribution in [3.63, 3.8) is 0 Å². The van der Waals surface area contributed by atoms with Gasteiger partial charge in [-0.2, -0.15) is 0 Å². The molecule has 0 aromatic carbocycles. The molecule has 1 N–H and O–H groups in total. The summed E-state index contributed by atoms with van der Waals surface area (Å²) in [5.41, 5.74) is 0. The number of nitrogens with zero attached hydrogens (tertiary/aromatic N) is 1. The third-order valence-corrected chi connectivity index (χ3v) is 5.09. The van der Waals surface area contributed by atoms with Crippen LogP contribution in [0.4, 0.5) is 0 Å². The predicted octanol–water partition coefficient (Wildman–Crippen LogP) is 3.16. The number of hydrogen-bond acceptors (Lipinski definition) is 4. The van der Waals surface area contributed by atoms with Gasteiger partial charge in [-0.15, -0.1) is 11.3 Å². The largest absolute Gasteiger partial charge is 0.313 e. The molecule has 2 nitrogen and oxygen atoms in total. The molecule has 1 saturated carbocycles. The Morgan fingerprint density at radius 1 is 1.60 bits per heavy atom. The summed E-state index contributed by atoms with van der Waals surface area (Å²) in [5.74, 6) is 0. The number of hydrogen-bond donors (Lipinski definition) is 1. The van der Waals surface area contributed by atoms with E-state index in [0.717, 1.165) is 11.8 Å². The second-order valence-corrected chi connectivity index (χ2v) is 6.33. The lowest BCUT2D eigenvalue weighted by Crippen LogP contribution is -2.34. The maximum Gasteiger partial charge on any atom is 0.150 e. The minimum absolute atomic E-state index is 0.707. The summed E-state index contributed by atoms with van der Waals surface area (Å²) in [4.78, 5) is 4.35. The predicted molar refractivity (Wildman–Crippen MR) is 67.7 cm³/mol. The molecular formula is C11H18N2S2. The Morgan fingerprint density at radius 3 is 3.27 bits per heavy atom. The highest BCUT2D eigenvalue weighted by molar-refractivity contribution is 8.01. The number of thiazole rings is 1. The van der Waals surface area contributed by atoms with E-state index >= 15 is 0 Å². The molecule has 0 bridgehead atoms. The number of thioether (sulfide) groups is 1. The lowest BCUT2D eigenvalue weighted by atomic mass is 10.2. The Balaban J connectivity index is 1.85. The molecule has 4 heteroatoms. The van der Waals surface area contributed by atoms with E-state index in [2.05, 4.69) is 22.6 Å². The molecule has 0 radical (unpaired) electrons.